The lowest BCUT2D eigenvalue weighted by Gasteiger charge is -2.27. The van der Waals surface area contributed by atoms with Crippen LogP contribution in [0.5, 0.6) is 0 Å². The molecule has 0 saturated heterocycles. The number of hydrogen-bond donors (Lipinski definition) is 2. The zero-order chi connectivity index (χ0) is 54.3. The van der Waals surface area contributed by atoms with Gasteiger partial charge >= 0.3 is 13.8 Å². The van der Waals surface area contributed by atoms with Gasteiger partial charge in [-0.25, -0.2) is 4.57 Å². The van der Waals surface area contributed by atoms with Gasteiger partial charge < -0.3 is 19.4 Å². The molecule has 0 aromatic carbocycles. The molecule has 9 nitrogen and oxygen atoms in total. The van der Waals surface area contributed by atoms with Crippen molar-refractivity contribution >= 4 is 19.7 Å². The monoisotopic (exact) mass is 1060 g/mol. The maximum atomic E-state index is 13.5. The Morgan fingerprint density at radius 2 is 0.865 bits per heavy atom. The minimum atomic E-state index is -4.45. The van der Waals surface area contributed by atoms with E-state index in [1.165, 1.54) is 135 Å². The topological polar surface area (TPSA) is 111 Å². The Morgan fingerprint density at radius 3 is 1.30 bits per heavy atom. The molecule has 0 aliphatic rings. The molecule has 74 heavy (non-hydrogen) atoms. The third-order valence-corrected chi connectivity index (χ3v) is 14.4. The van der Waals surface area contributed by atoms with Crippen molar-refractivity contribution in [3.8, 4) is 0 Å². The number of phosphoric ester groups is 1. The Hall–Kier alpha value is -2.55. The lowest BCUT2D eigenvalue weighted by Crippen LogP contribution is -2.47. The normalized spacial score (nSPS) is 14.2. The molecule has 2 N–H and O–H groups in total. The summed E-state index contributed by atoms with van der Waals surface area (Å²) in [6.45, 7) is 6.89. The van der Waals surface area contributed by atoms with Crippen LogP contribution in [0.2, 0.25) is 0 Å². The highest BCUT2D eigenvalue weighted by Crippen LogP contribution is 2.43. The number of carbonyl (C=O) groups is 2. The van der Waals surface area contributed by atoms with E-state index in [0.29, 0.717) is 17.4 Å². The zero-order valence-corrected chi connectivity index (χ0v) is 50.0. The fraction of sp³-hybridized carbons (Fsp3) is 0.781. The van der Waals surface area contributed by atoms with Crippen LogP contribution in [0.1, 0.15) is 271 Å². The molecule has 0 aromatic heterocycles. The maximum absolute atomic E-state index is 13.5. The van der Waals surface area contributed by atoms with Crippen LogP contribution < -0.4 is 5.32 Å². The molecule has 0 spiro atoms. The van der Waals surface area contributed by atoms with Gasteiger partial charge in [0.15, 0.2) is 0 Å². The molecule has 0 aliphatic carbocycles. The molecule has 0 bridgehead atoms. The standard InChI is InChI=1S/C64H117N2O7P/c1-7-10-13-16-19-22-25-27-29-30-31-32-33-34-35-36-37-39-42-45-48-51-54-57-64(68)73-62(55-52-49-46-43-40-24-21-18-15-12-9-3)61(60-72-74(69,70)71-59-58-66(4,5)6)65-63(67)56-53-50-47-44-41-38-28-26-23-20-17-14-11-8-2/h10,13,19,22,27,29,31-32,34-35,52,55,61-62H,7-9,11-12,14-18,20-21,23-26,28,30,33,36-51,53-54,56-60H2,1-6H3,(H-,65,67,69,70)/p+1/b13-10-,22-19-,29-27-,32-31-,35-34-,55-52+. The number of quaternary nitrogens is 1. The van der Waals surface area contributed by atoms with E-state index in [4.69, 9.17) is 13.8 Å². The quantitative estimate of drug-likeness (QED) is 0.0205. The van der Waals surface area contributed by atoms with Crippen molar-refractivity contribution in [2.75, 3.05) is 40.9 Å². The van der Waals surface area contributed by atoms with Gasteiger partial charge in [0.25, 0.3) is 0 Å². The average molecular weight is 1060 g/mol. The largest absolute Gasteiger partial charge is 0.472 e. The second kappa shape index (κ2) is 53.8. The molecule has 0 radical (unpaired) electrons. The summed E-state index contributed by atoms with van der Waals surface area (Å²) in [5.41, 5.74) is 0. The van der Waals surface area contributed by atoms with Gasteiger partial charge in [0.05, 0.1) is 33.8 Å². The van der Waals surface area contributed by atoms with Crippen molar-refractivity contribution in [3.05, 3.63) is 72.9 Å². The maximum Gasteiger partial charge on any atom is 0.472 e. The smallest absolute Gasteiger partial charge is 0.456 e. The SMILES string of the molecule is CC/C=C\C/C=C\C/C=C\C/C=C\C/C=C\CCCCCCCCCC(=O)OC(/C=C/CCCCCCCCCCC)C(COP(=O)(O)OCC[N+](C)(C)C)NC(=O)CCCCCCCCCCCCCCCC. The van der Waals surface area contributed by atoms with E-state index in [2.05, 4.69) is 86.8 Å². The number of ether oxygens (including phenoxy) is 1. The second-order valence-corrected chi connectivity index (χ2v) is 23.3. The number of nitrogens with zero attached hydrogens (tertiary/aromatic N) is 1. The van der Waals surface area contributed by atoms with Crippen molar-refractivity contribution in [3.63, 3.8) is 0 Å². The first kappa shape index (κ1) is 71.5. The molecule has 430 valence electrons. The minimum Gasteiger partial charge on any atom is -0.456 e. The predicted octanol–water partition coefficient (Wildman–Crippen LogP) is 18.8. The third kappa shape index (κ3) is 54.2. The van der Waals surface area contributed by atoms with Crippen molar-refractivity contribution in [1.82, 2.24) is 5.32 Å². The summed E-state index contributed by atoms with van der Waals surface area (Å²) in [6.07, 6.45) is 68.9. The fourth-order valence-electron chi connectivity index (χ4n) is 8.67. The van der Waals surface area contributed by atoms with Crippen LogP contribution in [-0.4, -0.2) is 74.3 Å². The Bertz CT molecular complexity index is 1500. The molecular formula is C64H118N2O7P+. The first-order valence-corrected chi connectivity index (χ1v) is 32.3. The van der Waals surface area contributed by atoms with E-state index in [1.54, 1.807) is 0 Å². The number of hydrogen-bond acceptors (Lipinski definition) is 6. The minimum absolute atomic E-state index is 0.0373. The number of carbonyl (C=O) groups excluding carboxylic acids is 2. The fourth-order valence-corrected chi connectivity index (χ4v) is 9.41. The van der Waals surface area contributed by atoms with Crippen LogP contribution in [0.15, 0.2) is 72.9 Å². The Labute approximate surface area is 457 Å². The van der Waals surface area contributed by atoms with Crippen molar-refractivity contribution in [2.45, 2.75) is 283 Å². The summed E-state index contributed by atoms with van der Waals surface area (Å²) in [4.78, 5) is 37.6. The van der Waals surface area contributed by atoms with E-state index < -0.39 is 20.0 Å². The molecule has 0 aliphatic heterocycles. The van der Waals surface area contributed by atoms with Crippen LogP contribution in [0.4, 0.5) is 0 Å². The van der Waals surface area contributed by atoms with Gasteiger partial charge in [-0.2, -0.15) is 0 Å². The number of nitrogens with one attached hydrogen (secondary N) is 1. The summed E-state index contributed by atoms with van der Waals surface area (Å²) in [6, 6.07) is -0.852. The van der Waals surface area contributed by atoms with Crippen molar-refractivity contribution in [2.24, 2.45) is 0 Å². The van der Waals surface area contributed by atoms with Gasteiger partial charge in [-0.3, -0.25) is 18.6 Å². The number of rotatable bonds is 55. The highest BCUT2D eigenvalue weighted by atomic mass is 31.2. The molecule has 0 saturated carbocycles. The Balaban J connectivity index is 5.19. The van der Waals surface area contributed by atoms with Crippen LogP contribution >= 0.6 is 7.82 Å². The number of phosphoric acid groups is 1. The summed E-state index contributed by atoms with van der Waals surface area (Å²) in [5, 5.41) is 3.05. The predicted molar refractivity (Wildman–Crippen MR) is 318 cm³/mol. The summed E-state index contributed by atoms with van der Waals surface area (Å²) >= 11 is 0. The van der Waals surface area contributed by atoms with Crippen LogP contribution in [0.25, 0.3) is 0 Å². The van der Waals surface area contributed by atoms with E-state index in [-0.39, 0.29) is 31.5 Å². The summed E-state index contributed by atoms with van der Waals surface area (Å²) < 4.78 is 30.7. The van der Waals surface area contributed by atoms with Gasteiger partial charge in [-0.15, -0.1) is 0 Å². The summed E-state index contributed by atoms with van der Waals surface area (Å²) in [7, 11) is 1.49. The molecule has 0 rings (SSSR count). The van der Waals surface area contributed by atoms with Gasteiger partial charge in [0.1, 0.15) is 19.3 Å². The molecule has 0 heterocycles. The number of amides is 1. The van der Waals surface area contributed by atoms with Crippen molar-refractivity contribution < 1.29 is 37.3 Å². The van der Waals surface area contributed by atoms with E-state index >= 15 is 0 Å². The van der Waals surface area contributed by atoms with Crippen LogP contribution in [-0.2, 0) is 27.9 Å². The lowest BCUT2D eigenvalue weighted by molar-refractivity contribution is -0.870. The van der Waals surface area contributed by atoms with Gasteiger partial charge in [-0.05, 0) is 76.7 Å². The first-order chi connectivity index (χ1) is 35.9. The number of unbranched alkanes of at least 4 members (excludes halogenated alkanes) is 29. The molecule has 0 aromatic rings. The third-order valence-electron chi connectivity index (χ3n) is 13.4. The van der Waals surface area contributed by atoms with Crippen molar-refractivity contribution in [1.29, 1.82) is 0 Å². The molecule has 1 amide bonds. The zero-order valence-electron chi connectivity index (χ0n) is 49.1. The molecular weight excluding hydrogens is 940 g/mol. The highest BCUT2D eigenvalue weighted by molar-refractivity contribution is 7.47. The molecule has 0 fully saturated rings. The number of esters is 1. The van der Waals surface area contributed by atoms with Crippen LogP contribution in [0, 0.1) is 0 Å². The lowest BCUT2D eigenvalue weighted by atomic mass is 10.0. The highest BCUT2D eigenvalue weighted by Gasteiger charge is 2.30. The van der Waals surface area contributed by atoms with Crippen LogP contribution in [0.3, 0.4) is 0 Å². The Morgan fingerprint density at radius 1 is 0.486 bits per heavy atom. The van der Waals surface area contributed by atoms with Gasteiger partial charge in [0.2, 0.25) is 5.91 Å². The number of likely N-dealkylation sites (N-methyl/N-ethyl adjacent to an activating group) is 1. The van der Waals surface area contributed by atoms with E-state index in [1.807, 2.05) is 33.3 Å². The molecule has 3 unspecified atom stereocenters. The van der Waals surface area contributed by atoms with Gasteiger partial charge in [0, 0.05) is 12.8 Å². The first-order valence-electron chi connectivity index (χ1n) is 30.8. The Kier molecular flexibility index (Phi) is 52.0. The second-order valence-electron chi connectivity index (χ2n) is 21.9. The molecule has 10 heteroatoms. The average Bonchev–Trinajstić information content (AvgIpc) is 3.36. The number of allylic oxidation sites excluding steroid dienone is 11. The molecule has 3 atom stereocenters. The van der Waals surface area contributed by atoms with E-state index in [0.717, 1.165) is 103 Å². The summed E-state index contributed by atoms with van der Waals surface area (Å²) in [5.74, 6) is -0.514. The van der Waals surface area contributed by atoms with E-state index in [9.17, 15) is 19.0 Å². The van der Waals surface area contributed by atoms with Gasteiger partial charge in [-0.1, -0.05) is 255 Å².